The second-order valence-electron chi connectivity index (χ2n) is 5.87. The summed E-state index contributed by atoms with van der Waals surface area (Å²) in [4.78, 5) is 32.5. The number of methoxy groups -OCH3 is 1. The number of benzene rings is 2. The van der Waals surface area contributed by atoms with Crippen molar-refractivity contribution < 1.29 is 19.1 Å². The number of nitrogens with zero attached hydrogens (tertiary/aromatic N) is 2. The highest BCUT2D eigenvalue weighted by molar-refractivity contribution is 6.03. The summed E-state index contributed by atoms with van der Waals surface area (Å²) >= 11 is 0. The van der Waals surface area contributed by atoms with Crippen molar-refractivity contribution in [2.45, 2.75) is 6.92 Å². The Hall–Kier alpha value is -3.94. The Kier molecular flexibility index (Phi) is 6.36. The maximum absolute atomic E-state index is 12.5. The minimum Gasteiger partial charge on any atom is -0.497 e. The van der Waals surface area contributed by atoms with Crippen molar-refractivity contribution in [2.75, 3.05) is 24.4 Å². The average molecular weight is 392 g/mol. The van der Waals surface area contributed by atoms with E-state index in [2.05, 4.69) is 20.6 Å². The van der Waals surface area contributed by atoms with E-state index in [4.69, 9.17) is 9.47 Å². The highest BCUT2D eigenvalue weighted by atomic mass is 16.5. The van der Waals surface area contributed by atoms with Gasteiger partial charge in [0.05, 0.1) is 19.3 Å². The van der Waals surface area contributed by atoms with Gasteiger partial charge in [0.25, 0.3) is 5.91 Å². The average Bonchev–Trinajstić information content (AvgIpc) is 2.75. The molecule has 1 amide bonds. The molecule has 3 rings (SSSR count). The molecule has 0 fully saturated rings. The molecule has 0 saturated heterocycles. The third-order valence-corrected chi connectivity index (χ3v) is 3.89. The van der Waals surface area contributed by atoms with Gasteiger partial charge in [-0.1, -0.05) is 0 Å². The molecule has 0 aliphatic heterocycles. The number of amides is 1. The minimum absolute atomic E-state index is 0.200. The standard InChI is InChI=1S/C21H20N4O4/c1-3-29-20(27)14-4-6-15(7-5-14)23-19(26)18-12-13-22-21(25-18)24-16-8-10-17(28-2)11-9-16/h4-13H,3H2,1-2H3,(H,23,26)(H,22,24,25). The monoisotopic (exact) mass is 392 g/mol. The minimum atomic E-state index is -0.407. The number of aromatic nitrogens is 2. The molecule has 8 nitrogen and oxygen atoms in total. The van der Waals surface area contributed by atoms with Gasteiger partial charge >= 0.3 is 5.97 Å². The van der Waals surface area contributed by atoms with Crippen molar-refractivity contribution in [1.82, 2.24) is 9.97 Å². The van der Waals surface area contributed by atoms with E-state index in [1.54, 1.807) is 50.4 Å². The zero-order valence-corrected chi connectivity index (χ0v) is 16.0. The first kappa shape index (κ1) is 19.8. The van der Waals surface area contributed by atoms with Gasteiger partial charge in [-0.2, -0.15) is 0 Å². The molecule has 0 aliphatic rings. The molecule has 1 aromatic heterocycles. The van der Waals surface area contributed by atoms with Gasteiger partial charge in [0.1, 0.15) is 11.4 Å². The zero-order chi connectivity index (χ0) is 20.6. The summed E-state index contributed by atoms with van der Waals surface area (Å²) in [6.07, 6.45) is 1.50. The van der Waals surface area contributed by atoms with Crippen LogP contribution in [0.3, 0.4) is 0 Å². The number of hydrogen-bond acceptors (Lipinski definition) is 7. The van der Waals surface area contributed by atoms with Crippen LogP contribution in [0, 0.1) is 0 Å². The van der Waals surface area contributed by atoms with E-state index < -0.39 is 11.9 Å². The summed E-state index contributed by atoms with van der Waals surface area (Å²) in [5.41, 5.74) is 1.91. The van der Waals surface area contributed by atoms with Gasteiger partial charge in [0.15, 0.2) is 0 Å². The number of nitrogens with one attached hydrogen (secondary N) is 2. The Bertz CT molecular complexity index is 988. The van der Waals surface area contributed by atoms with Crippen molar-refractivity contribution in [3.05, 3.63) is 72.1 Å². The van der Waals surface area contributed by atoms with Crippen LogP contribution in [0.1, 0.15) is 27.8 Å². The van der Waals surface area contributed by atoms with E-state index in [1.165, 1.54) is 12.3 Å². The van der Waals surface area contributed by atoms with E-state index in [-0.39, 0.29) is 5.69 Å². The molecule has 2 aromatic carbocycles. The molecule has 29 heavy (non-hydrogen) atoms. The molecule has 0 aliphatic carbocycles. The molecule has 0 unspecified atom stereocenters. The van der Waals surface area contributed by atoms with Gasteiger partial charge in [-0.15, -0.1) is 0 Å². The summed E-state index contributed by atoms with van der Waals surface area (Å²) in [7, 11) is 1.60. The van der Waals surface area contributed by atoms with Crippen LogP contribution in [-0.2, 0) is 4.74 Å². The first-order chi connectivity index (χ1) is 14.1. The topological polar surface area (TPSA) is 102 Å². The number of ether oxygens (including phenoxy) is 2. The molecule has 2 N–H and O–H groups in total. The second-order valence-corrected chi connectivity index (χ2v) is 5.87. The lowest BCUT2D eigenvalue weighted by Gasteiger charge is -2.08. The van der Waals surface area contributed by atoms with Gasteiger partial charge in [0.2, 0.25) is 5.95 Å². The van der Waals surface area contributed by atoms with Crippen molar-refractivity contribution in [1.29, 1.82) is 0 Å². The van der Waals surface area contributed by atoms with Crippen molar-refractivity contribution in [3.8, 4) is 5.75 Å². The van der Waals surface area contributed by atoms with E-state index in [0.717, 1.165) is 11.4 Å². The van der Waals surface area contributed by atoms with Crippen LogP contribution in [0.15, 0.2) is 60.8 Å². The normalized spacial score (nSPS) is 10.1. The second kappa shape index (κ2) is 9.32. The van der Waals surface area contributed by atoms with Gasteiger partial charge in [-0.05, 0) is 61.5 Å². The van der Waals surface area contributed by atoms with Crippen LogP contribution in [0.2, 0.25) is 0 Å². The highest BCUT2D eigenvalue weighted by Gasteiger charge is 2.11. The smallest absolute Gasteiger partial charge is 0.338 e. The van der Waals surface area contributed by atoms with Gasteiger partial charge in [-0.3, -0.25) is 4.79 Å². The summed E-state index contributed by atoms with van der Waals surface area (Å²) in [6.45, 7) is 2.05. The van der Waals surface area contributed by atoms with Crippen LogP contribution in [0.5, 0.6) is 5.75 Å². The molecule has 0 bridgehead atoms. The van der Waals surface area contributed by atoms with Crippen LogP contribution < -0.4 is 15.4 Å². The van der Waals surface area contributed by atoms with Gasteiger partial charge < -0.3 is 20.1 Å². The number of esters is 1. The van der Waals surface area contributed by atoms with Crippen LogP contribution in [0.25, 0.3) is 0 Å². The van der Waals surface area contributed by atoms with Crippen molar-refractivity contribution in [2.24, 2.45) is 0 Å². The summed E-state index contributed by atoms with van der Waals surface area (Å²) in [5.74, 6) is 0.225. The summed E-state index contributed by atoms with van der Waals surface area (Å²) in [5, 5.41) is 5.77. The molecule has 0 radical (unpaired) electrons. The summed E-state index contributed by atoms with van der Waals surface area (Å²) in [6, 6.07) is 15.2. The lowest BCUT2D eigenvalue weighted by Crippen LogP contribution is -2.15. The number of anilines is 3. The predicted molar refractivity (Wildman–Crippen MR) is 109 cm³/mol. The molecule has 0 atom stereocenters. The molecule has 148 valence electrons. The maximum Gasteiger partial charge on any atom is 0.338 e. The SMILES string of the molecule is CCOC(=O)c1ccc(NC(=O)c2ccnc(Nc3ccc(OC)cc3)n2)cc1. The maximum atomic E-state index is 12.5. The molecule has 0 spiro atoms. The Labute approximate surface area is 167 Å². The fourth-order valence-electron chi connectivity index (χ4n) is 2.45. The fourth-order valence-corrected chi connectivity index (χ4v) is 2.45. The van der Waals surface area contributed by atoms with Crippen molar-refractivity contribution >= 4 is 29.2 Å². The number of rotatable bonds is 7. The van der Waals surface area contributed by atoms with Crippen LogP contribution >= 0.6 is 0 Å². The first-order valence-electron chi connectivity index (χ1n) is 8.91. The Morgan fingerprint density at radius 3 is 2.31 bits per heavy atom. The van der Waals surface area contributed by atoms with Crippen molar-refractivity contribution in [3.63, 3.8) is 0 Å². The van der Waals surface area contributed by atoms with Crippen LogP contribution in [0.4, 0.5) is 17.3 Å². The quantitative estimate of drug-likeness (QED) is 0.592. The number of hydrogen-bond donors (Lipinski definition) is 2. The fraction of sp³-hybridized carbons (Fsp3) is 0.143. The molecule has 0 saturated carbocycles. The van der Waals surface area contributed by atoms with E-state index >= 15 is 0 Å². The first-order valence-corrected chi connectivity index (χ1v) is 8.91. The zero-order valence-electron chi connectivity index (χ0n) is 16.0. The predicted octanol–water partition coefficient (Wildman–Crippen LogP) is 3.66. The third-order valence-electron chi connectivity index (χ3n) is 3.89. The largest absolute Gasteiger partial charge is 0.497 e. The number of carbonyl (C=O) groups excluding carboxylic acids is 2. The van der Waals surface area contributed by atoms with E-state index in [9.17, 15) is 9.59 Å². The molecular formula is C21H20N4O4. The lowest BCUT2D eigenvalue weighted by molar-refractivity contribution is 0.0526. The molecule has 8 heteroatoms. The van der Waals surface area contributed by atoms with Crippen LogP contribution in [-0.4, -0.2) is 35.6 Å². The number of carbonyl (C=O) groups is 2. The molecule has 3 aromatic rings. The van der Waals surface area contributed by atoms with E-state index in [0.29, 0.717) is 23.8 Å². The van der Waals surface area contributed by atoms with Gasteiger partial charge in [-0.25, -0.2) is 14.8 Å². The van der Waals surface area contributed by atoms with Gasteiger partial charge in [0, 0.05) is 17.6 Å². The third kappa shape index (κ3) is 5.29. The summed E-state index contributed by atoms with van der Waals surface area (Å²) < 4.78 is 10.1. The highest BCUT2D eigenvalue weighted by Crippen LogP contribution is 2.18. The molecular weight excluding hydrogens is 372 g/mol. The Morgan fingerprint density at radius 1 is 0.966 bits per heavy atom. The molecule has 1 heterocycles. The lowest BCUT2D eigenvalue weighted by atomic mass is 10.2. The van der Waals surface area contributed by atoms with E-state index in [1.807, 2.05) is 12.1 Å². The Balaban J connectivity index is 1.66. The Morgan fingerprint density at radius 2 is 1.66 bits per heavy atom.